The third kappa shape index (κ3) is 2.41. The molecule has 0 atom stereocenters. The van der Waals surface area contributed by atoms with Crippen LogP contribution in [0.15, 0.2) is 18.2 Å². The molecule has 0 heterocycles. The lowest BCUT2D eigenvalue weighted by molar-refractivity contribution is -0.128. The quantitative estimate of drug-likeness (QED) is 0.899. The van der Waals surface area contributed by atoms with Crippen molar-refractivity contribution in [3.63, 3.8) is 0 Å². The molecule has 0 unspecified atom stereocenters. The second-order valence-electron chi connectivity index (χ2n) is 4.96. The molecule has 4 nitrogen and oxygen atoms in total. The van der Waals surface area contributed by atoms with Gasteiger partial charge in [0.1, 0.15) is 11.5 Å². The van der Waals surface area contributed by atoms with Gasteiger partial charge >= 0.3 is 0 Å². The van der Waals surface area contributed by atoms with Gasteiger partial charge in [-0.15, -0.1) is 0 Å². The molecule has 1 aromatic carbocycles. The Labute approximate surface area is 116 Å². The Kier molecular flexibility index (Phi) is 3.46. The topological polar surface area (TPSA) is 76.7 Å². The van der Waals surface area contributed by atoms with Gasteiger partial charge in [-0.25, -0.2) is 0 Å². The van der Waals surface area contributed by atoms with Gasteiger partial charge in [0.25, 0.3) is 0 Å². The van der Waals surface area contributed by atoms with Gasteiger partial charge in [0.05, 0.1) is 17.3 Å². The maximum Gasteiger partial charge on any atom is 0.244 e. The van der Waals surface area contributed by atoms with E-state index < -0.39 is 5.41 Å². The first kappa shape index (κ1) is 13.4. The van der Waals surface area contributed by atoms with Crippen LogP contribution in [0.25, 0.3) is 0 Å². The number of nitriles is 2. The van der Waals surface area contributed by atoms with E-state index in [9.17, 15) is 10.1 Å². The Hall–Kier alpha value is -2.04. The van der Waals surface area contributed by atoms with E-state index >= 15 is 0 Å². The number of hydrogen-bond donors (Lipinski definition) is 1. The van der Waals surface area contributed by atoms with Crippen LogP contribution in [0, 0.1) is 34.0 Å². The molecule has 1 aliphatic carbocycles. The van der Waals surface area contributed by atoms with Crippen LogP contribution in [0.1, 0.15) is 25.3 Å². The fraction of sp³-hybridized carbons (Fsp3) is 0.357. The van der Waals surface area contributed by atoms with Gasteiger partial charge in [-0.1, -0.05) is 18.5 Å². The number of nitrogens with one attached hydrogen (secondary N) is 1. The van der Waals surface area contributed by atoms with Crippen molar-refractivity contribution in [3.05, 3.63) is 28.8 Å². The number of carbonyl (C=O) groups excluding carboxylic acids is 1. The van der Waals surface area contributed by atoms with Crippen molar-refractivity contribution in [3.8, 4) is 12.1 Å². The Morgan fingerprint density at radius 3 is 2.68 bits per heavy atom. The number of carbonyl (C=O) groups is 1. The van der Waals surface area contributed by atoms with Crippen molar-refractivity contribution in [1.82, 2.24) is 0 Å². The van der Waals surface area contributed by atoms with E-state index in [0.29, 0.717) is 35.0 Å². The SMILES string of the molecule is CC1CC(C#N)(C(=O)Nc2cc(Cl)ccc2C#N)C1. The molecule has 0 aromatic heterocycles. The van der Waals surface area contributed by atoms with Crippen LogP contribution in [-0.4, -0.2) is 5.91 Å². The summed E-state index contributed by atoms with van der Waals surface area (Å²) >= 11 is 5.85. The monoisotopic (exact) mass is 273 g/mol. The van der Waals surface area contributed by atoms with E-state index in [2.05, 4.69) is 11.4 Å². The molecule has 0 radical (unpaired) electrons. The zero-order valence-electron chi connectivity index (χ0n) is 10.4. The maximum atomic E-state index is 12.2. The minimum absolute atomic E-state index is 0.332. The second-order valence-corrected chi connectivity index (χ2v) is 5.40. The van der Waals surface area contributed by atoms with Crippen molar-refractivity contribution >= 4 is 23.2 Å². The van der Waals surface area contributed by atoms with Crippen molar-refractivity contribution < 1.29 is 4.79 Å². The summed E-state index contributed by atoms with van der Waals surface area (Å²) in [6.07, 6.45) is 1.11. The molecule has 5 heteroatoms. The highest BCUT2D eigenvalue weighted by Gasteiger charge is 2.49. The fourth-order valence-electron chi connectivity index (χ4n) is 2.42. The lowest BCUT2D eigenvalue weighted by Crippen LogP contribution is -2.45. The molecule has 1 amide bonds. The molecular weight excluding hydrogens is 262 g/mol. The molecule has 1 saturated carbocycles. The number of halogens is 1. The third-order valence-corrected chi connectivity index (χ3v) is 3.63. The fourth-order valence-corrected chi connectivity index (χ4v) is 2.59. The minimum Gasteiger partial charge on any atom is -0.323 e. The number of rotatable bonds is 2. The number of anilines is 1. The standard InChI is InChI=1S/C14H12ClN3O/c1-9-5-14(6-9,8-17)13(19)18-12-4-11(15)3-2-10(12)7-16/h2-4,9H,5-6H2,1H3,(H,18,19). The first-order chi connectivity index (χ1) is 9.00. The Bertz CT molecular complexity index is 606. The average Bonchev–Trinajstić information content (AvgIpc) is 2.35. The molecule has 1 fully saturated rings. The molecule has 19 heavy (non-hydrogen) atoms. The van der Waals surface area contributed by atoms with E-state index in [1.807, 2.05) is 13.0 Å². The van der Waals surface area contributed by atoms with Crippen molar-refractivity contribution in [1.29, 1.82) is 10.5 Å². The summed E-state index contributed by atoms with van der Waals surface area (Å²) < 4.78 is 0. The van der Waals surface area contributed by atoms with Crippen LogP contribution in [0.2, 0.25) is 5.02 Å². The van der Waals surface area contributed by atoms with Crippen LogP contribution >= 0.6 is 11.6 Å². The van der Waals surface area contributed by atoms with Gasteiger partial charge in [-0.05, 0) is 37.0 Å². The van der Waals surface area contributed by atoms with Gasteiger partial charge in [0, 0.05) is 5.02 Å². The zero-order valence-corrected chi connectivity index (χ0v) is 11.2. The average molecular weight is 274 g/mol. The maximum absolute atomic E-state index is 12.2. The normalized spacial score (nSPS) is 24.7. The second kappa shape index (κ2) is 4.91. The molecule has 0 spiro atoms. The number of hydrogen-bond acceptors (Lipinski definition) is 3. The molecule has 0 aliphatic heterocycles. The van der Waals surface area contributed by atoms with Crippen LogP contribution in [-0.2, 0) is 4.79 Å². The van der Waals surface area contributed by atoms with Gasteiger partial charge in [0.2, 0.25) is 5.91 Å². The number of benzene rings is 1. The van der Waals surface area contributed by atoms with Crippen LogP contribution in [0.3, 0.4) is 0 Å². The zero-order chi connectivity index (χ0) is 14.0. The molecular formula is C14H12ClN3O. The Morgan fingerprint density at radius 2 is 2.16 bits per heavy atom. The van der Waals surface area contributed by atoms with Crippen molar-refractivity contribution in [2.75, 3.05) is 5.32 Å². The number of amides is 1. The largest absolute Gasteiger partial charge is 0.323 e. The van der Waals surface area contributed by atoms with E-state index in [0.717, 1.165) is 0 Å². The van der Waals surface area contributed by atoms with Crippen LogP contribution in [0.4, 0.5) is 5.69 Å². The minimum atomic E-state index is -0.964. The Morgan fingerprint density at radius 1 is 1.47 bits per heavy atom. The van der Waals surface area contributed by atoms with E-state index in [1.54, 1.807) is 12.1 Å². The van der Waals surface area contributed by atoms with Crippen LogP contribution in [0.5, 0.6) is 0 Å². The lowest BCUT2D eigenvalue weighted by atomic mass is 9.63. The van der Waals surface area contributed by atoms with Crippen LogP contribution < -0.4 is 5.32 Å². The van der Waals surface area contributed by atoms with E-state index in [-0.39, 0.29) is 5.91 Å². The highest BCUT2D eigenvalue weighted by atomic mass is 35.5. The highest BCUT2D eigenvalue weighted by Crippen LogP contribution is 2.45. The first-order valence-corrected chi connectivity index (χ1v) is 6.31. The molecule has 2 rings (SSSR count). The highest BCUT2D eigenvalue weighted by molar-refractivity contribution is 6.31. The predicted molar refractivity (Wildman–Crippen MR) is 71.2 cm³/mol. The molecule has 1 N–H and O–H groups in total. The van der Waals surface area contributed by atoms with Gasteiger partial charge in [-0.2, -0.15) is 10.5 Å². The van der Waals surface area contributed by atoms with Gasteiger partial charge in [0.15, 0.2) is 0 Å². The summed E-state index contributed by atoms with van der Waals surface area (Å²) in [4.78, 5) is 12.2. The first-order valence-electron chi connectivity index (χ1n) is 5.93. The van der Waals surface area contributed by atoms with E-state index in [1.165, 1.54) is 6.07 Å². The lowest BCUT2D eigenvalue weighted by Gasteiger charge is -2.39. The summed E-state index contributed by atoms with van der Waals surface area (Å²) in [5, 5.41) is 21.2. The molecule has 0 bridgehead atoms. The number of nitrogens with zero attached hydrogens (tertiary/aromatic N) is 2. The molecule has 1 aromatic rings. The van der Waals surface area contributed by atoms with Crippen molar-refractivity contribution in [2.45, 2.75) is 19.8 Å². The van der Waals surface area contributed by atoms with Gasteiger partial charge in [-0.3, -0.25) is 4.79 Å². The summed E-state index contributed by atoms with van der Waals surface area (Å²) in [5.74, 6) is 0.0204. The van der Waals surface area contributed by atoms with Crippen molar-refractivity contribution in [2.24, 2.45) is 11.3 Å². The predicted octanol–water partition coefficient (Wildman–Crippen LogP) is 3.09. The summed E-state index contributed by atoms with van der Waals surface area (Å²) in [6.45, 7) is 2.00. The Balaban J connectivity index is 2.23. The summed E-state index contributed by atoms with van der Waals surface area (Å²) in [7, 11) is 0. The van der Waals surface area contributed by atoms with E-state index in [4.69, 9.17) is 16.9 Å². The molecule has 1 aliphatic rings. The smallest absolute Gasteiger partial charge is 0.244 e. The summed E-state index contributed by atoms with van der Waals surface area (Å²) in [5.41, 5.74) is -0.276. The third-order valence-electron chi connectivity index (χ3n) is 3.39. The van der Waals surface area contributed by atoms with Gasteiger partial charge < -0.3 is 5.32 Å². The molecule has 0 saturated heterocycles. The summed E-state index contributed by atoms with van der Waals surface area (Å²) in [6, 6.07) is 8.72. The molecule has 96 valence electrons.